The molecule has 1 aliphatic heterocycles. The number of nitrogens with zero attached hydrogens (tertiary/aromatic N) is 2. The van der Waals surface area contributed by atoms with Crippen molar-refractivity contribution in [3.8, 4) is 0 Å². The first-order valence-electron chi connectivity index (χ1n) is 13.4. The third-order valence-electron chi connectivity index (χ3n) is 6.89. The molecule has 4 heteroatoms. The molecule has 180 valence electrons. The highest BCUT2D eigenvalue weighted by molar-refractivity contribution is 5.72. The van der Waals surface area contributed by atoms with Crippen LogP contribution in [0.15, 0.2) is 17.1 Å². The van der Waals surface area contributed by atoms with E-state index in [2.05, 4.69) is 37.5 Å². The molecular weight excluding hydrogens is 382 g/mol. The van der Waals surface area contributed by atoms with Crippen molar-refractivity contribution in [2.75, 3.05) is 26.2 Å². The Bertz CT molecular complexity index is 503. The van der Waals surface area contributed by atoms with Gasteiger partial charge in [-0.2, -0.15) is 0 Å². The minimum Gasteiger partial charge on any atom is -0.351 e. The molecule has 0 aromatic carbocycles. The number of quaternary nitrogens is 1. The number of aliphatic imine (C=N–C) groups is 1. The number of hydrogen-bond acceptors (Lipinski definition) is 2. The second-order valence-corrected chi connectivity index (χ2v) is 9.46. The number of carbonyl (C=O) groups excluding carboxylic acids is 1. The van der Waals surface area contributed by atoms with E-state index in [4.69, 9.17) is 4.99 Å². The Morgan fingerprint density at radius 1 is 0.935 bits per heavy atom. The Kier molecular flexibility index (Phi) is 16.6. The molecule has 0 bridgehead atoms. The lowest BCUT2D eigenvalue weighted by molar-refractivity contribution is -0.935. The average molecular weight is 435 g/mol. The molecule has 0 saturated carbocycles. The summed E-state index contributed by atoms with van der Waals surface area (Å²) in [7, 11) is 0. The summed E-state index contributed by atoms with van der Waals surface area (Å²) in [5.74, 6) is 0.0653. The monoisotopic (exact) mass is 434 g/mol. The third kappa shape index (κ3) is 13.1. The standard InChI is InChI=1S/C27H51N3O/c1-4-6-7-8-9-10-11-12-13-14-15-16-17-18-19-20-21-27-29-23-25-30(27,5-2)24-22-28-26(3)31/h16-17,23,27H,4-15,18-22,24-25H2,1-3H3/p+1/b17-16+. The zero-order valence-corrected chi connectivity index (χ0v) is 21.0. The summed E-state index contributed by atoms with van der Waals surface area (Å²) < 4.78 is 1.01. The van der Waals surface area contributed by atoms with Gasteiger partial charge in [0.2, 0.25) is 5.91 Å². The largest absolute Gasteiger partial charge is 0.351 e. The fourth-order valence-electron chi connectivity index (χ4n) is 4.71. The molecule has 1 aliphatic rings. The Morgan fingerprint density at radius 2 is 1.52 bits per heavy atom. The number of nitrogens with one attached hydrogen (secondary N) is 1. The van der Waals surface area contributed by atoms with Gasteiger partial charge in [0.25, 0.3) is 0 Å². The molecule has 0 radical (unpaired) electrons. The minimum absolute atomic E-state index is 0.0653. The van der Waals surface area contributed by atoms with Crippen molar-refractivity contribution in [1.29, 1.82) is 0 Å². The topological polar surface area (TPSA) is 41.5 Å². The van der Waals surface area contributed by atoms with Gasteiger partial charge in [0.15, 0.2) is 6.17 Å². The summed E-state index contributed by atoms with van der Waals surface area (Å²) in [5.41, 5.74) is 0. The van der Waals surface area contributed by atoms with Crippen LogP contribution >= 0.6 is 0 Å². The van der Waals surface area contributed by atoms with Crippen LogP contribution in [0.25, 0.3) is 0 Å². The molecule has 0 aliphatic carbocycles. The Labute approximate surface area is 193 Å². The first kappa shape index (κ1) is 27.9. The SMILES string of the molecule is CCCCCCCCCCCC/C=C/CCCCC1N=CC[N+]1(CC)CCNC(C)=O. The molecule has 2 atom stereocenters. The Morgan fingerprint density at radius 3 is 2.10 bits per heavy atom. The summed E-state index contributed by atoms with van der Waals surface area (Å²) in [4.78, 5) is 16.0. The molecule has 1 amide bonds. The van der Waals surface area contributed by atoms with Crippen LogP contribution in [0.1, 0.15) is 117 Å². The normalized spacial score (nSPS) is 20.7. The van der Waals surface area contributed by atoms with Crippen molar-refractivity contribution in [1.82, 2.24) is 5.32 Å². The van der Waals surface area contributed by atoms with E-state index in [1.165, 1.54) is 89.9 Å². The van der Waals surface area contributed by atoms with E-state index >= 15 is 0 Å². The average Bonchev–Trinajstić information content (AvgIpc) is 3.16. The molecule has 1 rings (SSSR count). The van der Waals surface area contributed by atoms with Gasteiger partial charge in [-0.3, -0.25) is 9.28 Å². The van der Waals surface area contributed by atoms with Gasteiger partial charge in [0.1, 0.15) is 6.54 Å². The van der Waals surface area contributed by atoms with Crippen LogP contribution in [0.2, 0.25) is 0 Å². The van der Waals surface area contributed by atoms with E-state index in [1.54, 1.807) is 6.92 Å². The third-order valence-corrected chi connectivity index (χ3v) is 6.89. The molecule has 0 saturated heterocycles. The van der Waals surface area contributed by atoms with E-state index in [0.717, 1.165) is 37.1 Å². The molecule has 0 aromatic heterocycles. The lowest BCUT2D eigenvalue weighted by Gasteiger charge is -2.38. The van der Waals surface area contributed by atoms with E-state index in [-0.39, 0.29) is 5.91 Å². The van der Waals surface area contributed by atoms with Crippen LogP contribution in [0, 0.1) is 0 Å². The quantitative estimate of drug-likeness (QED) is 0.128. The number of unbranched alkanes of at least 4 members (excludes halogenated alkanes) is 12. The molecule has 0 spiro atoms. The van der Waals surface area contributed by atoms with Gasteiger partial charge in [-0.25, -0.2) is 4.99 Å². The van der Waals surface area contributed by atoms with Gasteiger partial charge in [-0.15, -0.1) is 0 Å². The second-order valence-electron chi connectivity index (χ2n) is 9.46. The fourth-order valence-corrected chi connectivity index (χ4v) is 4.71. The summed E-state index contributed by atoms with van der Waals surface area (Å²) in [6.45, 7) is 9.98. The number of carbonyl (C=O) groups is 1. The van der Waals surface area contributed by atoms with Gasteiger partial charge in [-0.1, -0.05) is 76.9 Å². The highest BCUT2D eigenvalue weighted by Crippen LogP contribution is 2.23. The minimum atomic E-state index is 0.0653. The second kappa shape index (κ2) is 18.4. The highest BCUT2D eigenvalue weighted by atomic mass is 16.1. The van der Waals surface area contributed by atoms with Crippen molar-refractivity contribution < 1.29 is 9.28 Å². The summed E-state index contributed by atoms with van der Waals surface area (Å²) in [5, 5.41) is 2.96. The molecular formula is C27H52N3O+. The van der Waals surface area contributed by atoms with E-state index < -0.39 is 0 Å². The Balaban J connectivity index is 2.00. The smallest absolute Gasteiger partial charge is 0.217 e. The molecule has 31 heavy (non-hydrogen) atoms. The molecule has 2 unspecified atom stereocenters. The van der Waals surface area contributed by atoms with Crippen LogP contribution in [0.5, 0.6) is 0 Å². The number of hydrogen-bond donors (Lipinski definition) is 1. The first-order chi connectivity index (χ1) is 15.1. The van der Waals surface area contributed by atoms with Gasteiger partial charge in [0.05, 0.1) is 25.8 Å². The van der Waals surface area contributed by atoms with Crippen molar-refractivity contribution in [2.45, 2.75) is 123 Å². The Hall–Kier alpha value is -1.16. The predicted molar refractivity (Wildman–Crippen MR) is 136 cm³/mol. The highest BCUT2D eigenvalue weighted by Gasteiger charge is 2.37. The summed E-state index contributed by atoms with van der Waals surface area (Å²) in [6, 6.07) is 0. The first-order valence-corrected chi connectivity index (χ1v) is 13.4. The van der Waals surface area contributed by atoms with Gasteiger partial charge >= 0.3 is 0 Å². The van der Waals surface area contributed by atoms with Crippen molar-refractivity contribution in [3.05, 3.63) is 12.2 Å². The van der Waals surface area contributed by atoms with Crippen LogP contribution in [-0.2, 0) is 4.79 Å². The maximum atomic E-state index is 11.2. The lowest BCUT2D eigenvalue weighted by Crippen LogP contribution is -2.55. The summed E-state index contributed by atoms with van der Waals surface area (Å²) >= 11 is 0. The lowest BCUT2D eigenvalue weighted by atomic mass is 10.1. The molecule has 1 heterocycles. The van der Waals surface area contributed by atoms with E-state index in [0.29, 0.717) is 6.17 Å². The number of likely N-dealkylation sites (N-methyl/N-ethyl adjacent to an activating group) is 1. The zero-order chi connectivity index (χ0) is 22.6. The van der Waals surface area contributed by atoms with Gasteiger partial charge < -0.3 is 5.32 Å². The summed E-state index contributed by atoms with van der Waals surface area (Å²) in [6.07, 6.45) is 27.5. The molecule has 0 fully saturated rings. The van der Waals surface area contributed by atoms with Crippen LogP contribution < -0.4 is 5.32 Å². The van der Waals surface area contributed by atoms with Crippen molar-refractivity contribution in [3.63, 3.8) is 0 Å². The van der Waals surface area contributed by atoms with Crippen LogP contribution in [0.3, 0.4) is 0 Å². The maximum Gasteiger partial charge on any atom is 0.217 e. The maximum absolute atomic E-state index is 11.2. The van der Waals surface area contributed by atoms with E-state index in [1.807, 2.05) is 0 Å². The van der Waals surface area contributed by atoms with Gasteiger partial charge in [-0.05, 0) is 39.0 Å². The van der Waals surface area contributed by atoms with Crippen molar-refractivity contribution >= 4 is 12.1 Å². The number of allylic oxidation sites excluding steroid dienone is 2. The number of rotatable bonds is 20. The fraction of sp³-hybridized carbons (Fsp3) is 0.852. The molecule has 4 nitrogen and oxygen atoms in total. The molecule has 0 aromatic rings. The molecule has 1 N–H and O–H groups in total. The van der Waals surface area contributed by atoms with Gasteiger partial charge in [0, 0.05) is 13.3 Å². The van der Waals surface area contributed by atoms with Crippen molar-refractivity contribution in [2.24, 2.45) is 4.99 Å². The van der Waals surface area contributed by atoms with Crippen LogP contribution in [0.4, 0.5) is 0 Å². The predicted octanol–water partition coefficient (Wildman–Crippen LogP) is 6.80. The van der Waals surface area contributed by atoms with E-state index in [9.17, 15) is 4.79 Å². The van der Waals surface area contributed by atoms with Crippen LogP contribution in [-0.4, -0.2) is 48.9 Å². The zero-order valence-electron chi connectivity index (χ0n) is 21.0. The number of amides is 1.